The maximum atomic E-state index is 12.2. The molecule has 0 unspecified atom stereocenters. The summed E-state index contributed by atoms with van der Waals surface area (Å²) in [5, 5.41) is 0. The molecule has 0 saturated carbocycles. The van der Waals surface area contributed by atoms with Gasteiger partial charge in [-0.25, -0.2) is 16.8 Å². The highest BCUT2D eigenvalue weighted by molar-refractivity contribution is 7.93. The zero-order chi connectivity index (χ0) is 18.3. The summed E-state index contributed by atoms with van der Waals surface area (Å²) >= 11 is 0. The average Bonchev–Trinajstić information content (AvgIpc) is 2.54. The van der Waals surface area contributed by atoms with Crippen LogP contribution in [0.5, 0.6) is 0 Å². The van der Waals surface area contributed by atoms with Gasteiger partial charge in [0.05, 0.1) is 42.7 Å². The van der Waals surface area contributed by atoms with E-state index < -0.39 is 20.0 Å². The zero-order valence-electron chi connectivity index (χ0n) is 14.2. The first kappa shape index (κ1) is 20.0. The Hall–Kier alpha value is -1.36. The Morgan fingerprint density at radius 1 is 1.20 bits per heavy atom. The summed E-state index contributed by atoms with van der Waals surface area (Å²) in [4.78, 5) is 0. The van der Waals surface area contributed by atoms with Crippen LogP contribution in [0.4, 0.5) is 11.4 Å². The van der Waals surface area contributed by atoms with E-state index in [0.29, 0.717) is 37.6 Å². The Morgan fingerprint density at radius 2 is 2.00 bits per heavy atom. The molecule has 1 aromatic rings. The van der Waals surface area contributed by atoms with Crippen LogP contribution in [0.1, 0.15) is 12.8 Å². The van der Waals surface area contributed by atoms with Crippen molar-refractivity contribution in [3.8, 4) is 0 Å². The Labute approximate surface area is 149 Å². The van der Waals surface area contributed by atoms with Gasteiger partial charge in [0.25, 0.3) is 0 Å². The molecule has 8 nitrogen and oxygen atoms in total. The maximum absolute atomic E-state index is 12.2. The van der Waals surface area contributed by atoms with E-state index in [9.17, 15) is 16.8 Å². The summed E-state index contributed by atoms with van der Waals surface area (Å²) in [5.74, 6) is -0.0786. The number of methoxy groups -OCH3 is 1. The van der Waals surface area contributed by atoms with Gasteiger partial charge in [-0.15, -0.1) is 0 Å². The first-order chi connectivity index (χ1) is 11.8. The second kappa shape index (κ2) is 8.84. The molecule has 0 aliphatic carbocycles. The van der Waals surface area contributed by atoms with Crippen molar-refractivity contribution >= 4 is 31.4 Å². The number of sulfonamides is 2. The van der Waals surface area contributed by atoms with Gasteiger partial charge in [0.2, 0.25) is 20.0 Å². The largest absolute Gasteiger partial charge is 0.382 e. The highest BCUT2D eigenvalue weighted by atomic mass is 32.2. The van der Waals surface area contributed by atoms with Gasteiger partial charge in [-0.05, 0) is 31.0 Å². The van der Waals surface area contributed by atoms with E-state index in [4.69, 9.17) is 9.47 Å². The third-order valence-corrected chi connectivity index (χ3v) is 6.81. The van der Waals surface area contributed by atoms with Crippen LogP contribution in [0.3, 0.4) is 0 Å². The Morgan fingerprint density at radius 3 is 2.72 bits per heavy atom. The molecule has 1 aromatic carbocycles. The van der Waals surface area contributed by atoms with Crippen LogP contribution in [0, 0.1) is 0 Å². The van der Waals surface area contributed by atoms with Crippen molar-refractivity contribution in [3.63, 3.8) is 0 Å². The molecule has 1 aliphatic rings. The van der Waals surface area contributed by atoms with E-state index in [2.05, 4.69) is 4.72 Å². The molecule has 25 heavy (non-hydrogen) atoms. The monoisotopic (exact) mass is 392 g/mol. The van der Waals surface area contributed by atoms with Crippen LogP contribution >= 0.6 is 0 Å². The molecule has 0 amide bonds. The molecule has 1 saturated heterocycles. The average molecular weight is 392 g/mol. The standard InChI is InChI=1S/C15H24N2O6S2/c1-22-8-9-23-10-12-24(18,19)16-14-5-4-6-15(13-14)17-7-2-3-11-25(17,20)21/h4-6,13,16H,2-3,7-12H2,1H3. The van der Waals surface area contributed by atoms with E-state index >= 15 is 0 Å². The number of anilines is 2. The summed E-state index contributed by atoms with van der Waals surface area (Å²) in [6.45, 7) is 1.19. The fourth-order valence-corrected chi connectivity index (χ4v) is 5.00. The fraction of sp³-hybridized carbons (Fsp3) is 0.600. The van der Waals surface area contributed by atoms with Crippen molar-refractivity contribution < 1.29 is 26.3 Å². The van der Waals surface area contributed by atoms with Gasteiger partial charge in [0, 0.05) is 13.7 Å². The highest BCUT2D eigenvalue weighted by Gasteiger charge is 2.26. The third kappa shape index (κ3) is 6.14. The van der Waals surface area contributed by atoms with E-state index in [0.717, 1.165) is 6.42 Å². The summed E-state index contributed by atoms with van der Waals surface area (Å²) in [6.07, 6.45) is 1.43. The minimum Gasteiger partial charge on any atom is -0.382 e. The zero-order valence-corrected chi connectivity index (χ0v) is 15.8. The van der Waals surface area contributed by atoms with E-state index in [1.165, 1.54) is 17.5 Å². The predicted molar refractivity (Wildman–Crippen MR) is 96.9 cm³/mol. The first-order valence-corrected chi connectivity index (χ1v) is 11.3. The number of nitrogens with one attached hydrogen (secondary N) is 1. The number of ether oxygens (including phenoxy) is 2. The Kier molecular flexibility index (Phi) is 7.05. The SMILES string of the molecule is COCCOCCS(=O)(=O)Nc1cccc(N2CCCCS2(=O)=O)c1. The van der Waals surface area contributed by atoms with E-state index in [1.807, 2.05) is 0 Å². The molecular formula is C15H24N2O6S2. The molecule has 1 fully saturated rings. The van der Waals surface area contributed by atoms with Crippen molar-refractivity contribution in [2.45, 2.75) is 12.8 Å². The molecule has 142 valence electrons. The van der Waals surface area contributed by atoms with Crippen molar-refractivity contribution in [2.75, 3.05) is 54.0 Å². The first-order valence-electron chi connectivity index (χ1n) is 8.02. The summed E-state index contributed by atoms with van der Waals surface area (Å²) in [7, 11) is -5.38. The van der Waals surface area contributed by atoms with E-state index in [1.54, 1.807) is 18.2 Å². The van der Waals surface area contributed by atoms with Crippen molar-refractivity contribution in [1.29, 1.82) is 0 Å². The molecule has 0 atom stereocenters. The van der Waals surface area contributed by atoms with Crippen LogP contribution in [-0.2, 0) is 29.5 Å². The predicted octanol–water partition coefficient (Wildman–Crippen LogP) is 1.02. The number of hydrogen-bond donors (Lipinski definition) is 1. The van der Waals surface area contributed by atoms with Gasteiger partial charge in [0.15, 0.2) is 0 Å². The third-order valence-electron chi connectivity index (χ3n) is 3.68. The summed E-state index contributed by atoms with van der Waals surface area (Å²) < 4.78 is 62.3. The minimum absolute atomic E-state index is 0.0545. The topological polar surface area (TPSA) is 102 Å². The molecule has 10 heteroatoms. The van der Waals surface area contributed by atoms with Gasteiger partial charge in [-0.2, -0.15) is 0 Å². The van der Waals surface area contributed by atoms with Crippen molar-refractivity contribution in [3.05, 3.63) is 24.3 Å². The van der Waals surface area contributed by atoms with Crippen LogP contribution in [0.2, 0.25) is 0 Å². The number of benzene rings is 1. The lowest BCUT2D eigenvalue weighted by molar-refractivity contribution is 0.0785. The smallest absolute Gasteiger partial charge is 0.235 e. The molecule has 1 N–H and O–H groups in total. The Balaban J connectivity index is 2.01. The number of rotatable bonds is 9. The minimum atomic E-state index is -3.58. The maximum Gasteiger partial charge on any atom is 0.235 e. The number of hydrogen-bond acceptors (Lipinski definition) is 6. The van der Waals surface area contributed by atoms with Crippen molar-refractivity contribution in [1.82, 2.24) is 0 Å². The second-order valence-corrected chi connectivity index (χ2v) is 9.53. The van der Waals surface area contributed by atoms with Gasteiger partial charge in [-0.1, -0.05) is 6.07 Å². The Bertz CT molecular complexity index is 764. The quantitative estimate of drug-likeness (QED) is 0.630. The molecule has 1 heterocycles. The molecule has 0 radical (unpaired) electrons. The van der Waals surface area contributed by atoms with Gasteiger partial charge in [-0.3, -0.25) is 9.03 Å². The van der Waals surface area contributed by atoms with Crippen molar-refractivity contribution in [2.24, 2.45) is 0 Å². The lowest BCUT2D eigenvalue weighted by Gasteiger charge is -2.28. The molecule has 0 aromatic heterocycles. The fourth-order valence-electron chi connectivity index (χ4n) is 2.45. The summed E-state index contributed by atoms with van der Waals surface area (Å²) in [5.41, 5.74) is 0.798. The van der Waals surface area contributed by atoms with Crippen LogP contribution in [0.25, 0.3) is 0 Å². The number of nitrogens with zero attached hydrogens (tertiary/aromatic N) is 1. The van der Waals surface area contributed by atoms with Gasteiger partial charge < -0.3 is 9.47 Å². The van der Waals surface area contributed by atoms with Crippen LogP contribution in [-0.4, -0.2) is 61.8 Å². The second-order valence-electron chi connectivity index (χ2n) is 5.67. The molecule has 1 aliphatic heterocycles. The lowest BCUT2D eigenvalue weighted by atomic mass is 10.2. The lowest BCUT2D eigenvalue weighted by Crippen LogP contribution is -2.37. The molecule has 0 bridgehead atoms. The summed E-state index contributed by atoms with van der Waals surface area (Å²) in [6, 6.07) is 6.41. The normalized spacial score (nSPS) is 17.4. The molecule has 2 rings (SSSR count). The molecular weight excluding hydrogens is 368 g/mol. The van der Waals surface area contributed by atoms with Crippen LogP contribution in [0.15, 0.2) is 24.3 Å². The van der Waals surface area contributed by atoms with E-state index in [-0.39, 0.29) is 18.1 Å². The van der Waals surface area contributed by atoms with Crippen LogP contribution < -0.4 is 9.03 Å². The highest BCUT2D eigenvalue weighted by Crippen LogP contribution is 2.26. The van der Waals surface area contributed by atoms with Gasteiger partial charge >= 0.3 is 0 Å². The van der Waals surface area contributed by atoms with Gasteiger partial charge in [0.1, 0.15) is 0 Å². The molecule has 0 spiro atoms.